The van der Waals surface area contributed by atoms with Crippen LogP contribution in [-0.4, -0.2) is 39.4 Å². The second-order valence-electron chi connectivity index (χ2n) is 4.98. The summed E-state index contributed by atoms with van der Waals surface area (Å²) in [6.07, 6.45) is 1.60. The molecule has 1 heterocycles. The zero-order valence-electron chi connectivity index (χ0n) is 11.3. The summed E-state index contributed by atoms with van der Waals surface area (Å²) < 4.78 is 40.7. The van der Waals surface area contributed by atoms with Gasteiger partial charge in [0.2, 0.25) is 10.0 Å². The van der Waals surface area contributed by atoms with E-state index < -0.39 is 15.8 Å². The number of piperidine rings is 1. The first-order valence-corrected chi connectivity index (χ1v) is 8.78. The quantitative estimate of drug-likeness (QED) is 0.890. The average molecular weight is 365 g/mol. The van der Waals surface area contributed by atoms with Crippen LogP contribution in [0, 0.1) is 11.7 Å². The molecule has 4 nitrogen and oxygen atoms in total. The molecule has 0 unspecified atom stereocenters. The van der Waals surface area contributed by atoms with E-state index in [1.807, 2.05) is 7.05 Å². The van der Waals surface area contributed by atoms with Gasteiger partial charge in [-0.2, -0.15) is 4.31 Å². The van der Waals surface area contributed by atoms with Gasteiger partial charge >= 0.3 is 0 Å². The van der Waals surface area contributed by atoms with Crippen molar-refractivity contribution in [2.45, 2.75) is 17.7 Å². The Balaban J connectivity index is 2.18. The van der Waals surface area contributed by atoms with Crippen molar-refractivity contribution >= 4 is 26.0 Å². The van der Waals surface area contributed by atoms with Crippen LogP contribution in [0.15, 0.2) is 27.6 Å². The molecule has 1 aliphatic rings. The molecule has 0 aliphatic carbocycles. The van der Waals surface area contributed by atoms with Gasteiger partial charge in [0.15, 0.2) is 0 Å². The van der Waals surface area contributed by atoms with E-state index in [9.17, 15) is 12.8 Å². The zero-order valence-corrected chi connectivity index (χ0v) is 13.7. The number of nitrogens with one attached hydrogen (secondary N) is 1. The van der Waals surface area contributed by atoms with Crippen LogP contribution in [0.5, 0.6) is 0 Å². The Labute approximate surface area is 127 Å². The molecule has 0 amide bonds. The first-order chi connectivity index (χ1) is 9.45. The van der Waals surface area contributed by atoms with Gasteiger partial charge in [-0.3, -0.25) is 0 Å². The highest BCUT2D eigenvalue weighted by Crippen LogP contribution is 2.27. The Morgan fingerprint density at radius 1 is 1.40 bits per heavy atom. The van der Waals surface area contributed by atoms with E-state index >= 15 is 0 Å². The fourth-order valence-corrected chi connectivity index (χ4v) is 4.53. The molecule has 112 valence electrons. The molecule has 1 saturated heterocycles. The number of rotatable bonds is 4. The van der Waals surface area contributed by atoms with Gasteiger partial charge in [0.25, 0.3) is 0 Å². The maximum absolute atomic E-state index is 13.8. The highest BCUT2D eigenvalue weighted by molar-refractivity contribution is 9.10. The number of hydrogen-bond acceptors (Lipinski definition) is 3. The predicted molar refractivity (Wildman–Crippen MR) is 79.5 cm³/mol. The van der Waals surface area contributed by atoms with Crippen molar-refractivity contribution in [2.24, 2.45) is 5.92 Å². The number of hydrogen-bond donors (Lipinski definition) is 1. The molecule has 20 heavy (non-hydrogen) atoms. The summed E-state index contributed by atoms with van der Waals surface area (Å²) in [4.78, 5) is -0.251. The van der Waals surface area contributed by atoms with Gasteiger partial charge in [0.1, 0.15) is 10.7 Å². The summed E-state index contributed by atoms with van der Waals surface area (Å²) in [5.41, 5.74) is 0. The first-order valence-electron chi connectivity index (χ1n) is 6.55. The predicted octanol–water partition coefficient (Wildman–Crippen LogP) is 2.21. The summed E-state index contributed by atoms with van der Waals surface area (Å²) in [6, 6.07) is 3.99. The summed E-state index contributed by atoms with van der Waals surface area (Å²) >= 11 is 3.18. The van der Waals surface area contributed by atoms with Crippen LogP contribution in [0.3, 0.4) is 0 Å². The molecule has 0 aromatic heterocycles. The average Bonchev–Trinajstić information content (AvgIpc) is 2.42. The van der Waals surface area contributed by atoms with Gasteiger partial charge in [-0.05, 0) is 50.6 Å². The first kappa shape index (κ1) is 15.9. The van der Waals surface area contributed by atoms with Gasteiger partial charge in [-0.1, -0.05) is 15.9 Å². The fourth-order valence-electron chi connectivity index (χ4n) is 2.46. The van der Waals surface area contributed by atoms with Crippen LogP contribution in [0.4, 0.5) is 4.39 Å². The van der Waals surface area contributed by atoms with Crippen molar-refractivity contribution in [3.63, 3.8) is 0 Å². The van der Waals surface area contributed by atoms with Gasteiger partial charge in [-0.15, -0.1) is 0 Å². The van der Waals surface area contributed by atoms with Crippen LogP contribution in [-0.2, 0) is 10.0 Å². The molecule has 1 aromatic rings. The molecular weight excluding hydrogens is 347 g/mol. The van der Waals surface area contributed by atoms with E-state index in [0.29, 0.717) is 23.5 Å². The van der Waals surface area contributed by atoms with Crippen LogP contribution in [0.25, 0.3) is 0 Å². The van der Waals surface area contributed by atoms with Gasteiger partial charge in [-0.25, -0.2) is 12.8 Å². The SMILES string of the molecule is CNCC1CCN(S(=O)(=O)c2cc(Br)ccc2F)CC1. The van der Waals surface area contributed by atoms with Crippen molar-refractivity contribution in [3.05, 3.63) is 28.5 Å². The smallest absolute Gasteiger partial charge is 0.246 e. The lowest BCUT2D eigenvalue weighted by atomic mass is 9.98. The molecular formula is C13H18BrFN2O2S. The molecule has 0 bridgehead atoms. The lowest BCUT2D eigenvalue weighted by Gasteiger charge is -2.31. The lowest BCUT2D eigenvalue weighted by molar-refractivity contribution is 0.270. The molecule has 2 rings (SSSR count). The molecule has 7 heteroatoms. The number of sulfonamides is 1. The highest BCUT2D eigenvalue weighted by atomic mass is 79.9. The third-order valence-electron chi connectivity index (χ3n) is 3.58. The maximum atomic E-state index is 13.8. The topological polar surface area (TPSA) is 49.4 Å². The van der Waals surface area contributed by atoms with Crippen LogP contribution in [0.2, 0.25) is 0 Å². The van der Waals surface area contributed by atoms with Crippen molar-refractivity contribution in [1.29, 1.82) is 0 Å². The standard InChI is InChI=1S/C13H18BrFN2O2S/c1-16-9-10-4-6-17(7-5-10)20(18,19)13-8-11(14)2-3-12(13)15/h2-3,8,10,16H,4-7,9H2,1H3. The Morgan fingerprint density at radius 2 is 2.05 bits per heavy atom. The lowest BCUT2D eigenvalue weighted by Crippen LogP contribution is -2.40. The van der Waals surface area contributed by atoms with Gasteiger partial charge in [0.05, 0.1) is 0 Å². The minimum Gasteiger partial charge on any atom is -0.319 e. The Kier molecular flexibility index (Phi) is 5.17. The van der Waals surface area contributed by atoms with Crippen molar-refractivity contribution in [2.75, 3.05) is 26.7 Å². The third-order valence-corrected chi connectivity index (χ3v) is 5.98. The summed E-state index contributed by atoms with van der Waals surface area (Å²) in [5, 5.41) is 3.11. The number of halogens is 2. The van der Waals surface area contributed by atoms with Crippen LogP contribution >= 0.6 is 15.9 Å². The minimum absolute atomic E-state index is 0.251. The fraction of sp³-hybridized carbons (Fsp3) is 0.538. The Bertz CT molecular complexity index is 572. The minimum atomic E-state index is -3.75. The largest absolute Gasteiger partial charge is 0.319 e. The van der Waals surface area contributed by atoms with E-state index in [1.165, 1.54) is 22.5 Å². The number of benzene rings is 1. The van der Waals surface area contributed by atoms with Crippen LogP contribution < -0.4 is 5.32 Å². The summed E-state index contributed by atoms with van der Waals surface area (Å²) in [6.45, 7) is 1.78. The molecule has 0 atom stereocenters. The summed E-state index contributed by atoms with van der Waals surface area (Å²) in [5.74, 6) is -0.218. The normalized spacial score (nSPS) is 18.4. The van der Waals surface area contributed by atoms with Crippen molar-refractivity contribution in [3.8, 4) is 0 Å². The maximum Gasteiger partial charge on any atom is 0.246 e. The Hall–Kier alpha value is -0.500. The van der Waals surface area contributed by atoms with Gasteiger partial charge < -0.3 is 5.32 Å². The van der Waals surface area contributed by atoms with Crippen LogP contribution in [0.1, 0.15) is 12.8 Å². The van der Waals surface area contributed by atoms with Gasteiger partial charge in [0, 0.05) is 17.6 Å². The Morgan fingerprint density at radius 3 is 2.65 bits per heavy atom. The van der Waals surface area contributed by atoms with E-state index in [0.717, 1.165) is 19.4 Å². The van der Waals surface area contributed by atoms with Crippen molar-refractivity contribution in [1.82, 2.24) is 9.62 Å². The molecule has 1 fully saturated rings. The second-order valence-corrected chi connectivity index (χ2v) is 7.80. The molecule has 0 saturated carbocycles. The molecule has 0 spiro atoms. The number of nitrogens with zero attached hydrogens (tertiary/aromatic N) is 1. The van der Waals surface area contributed by atoms with E-state index in [4.69, 9.17) is 0 Å². The molecule has 1 aromatic carbocycles. The zero-order chi connectivity index (χ0) is 14.8. The highest BCUT2D eigenvalue weighted by Gasteiger charge is 2.31. The van der Waals surface area contributed by atoms with E-state index in [1.54, 1.807) is 0 Å². The molecule has 1 aliphatic heterocycles. The second kappa shape index (κ2) is 6.51. The van der Waals surface area contributed by atoms with Crippen molar-refractivity contribution < 1.29 is 12.8 Å². The van der Waals surface area contributed by atoms with E-state index in [-0.39, 0.29) is 4.90 Å². The summed E-state index contributed by atoms with van der Waals surface area (Å²) in [7, 11) is -1.86. The molecule has 0 radical (unpaired) electrons. The monoisotopic (exact) mass is 364 g/mol. The third kappa shape index (κ3) is 3.39. The molecule has 1 N–H and O–H groups in total. The van der Waals surface area contributed by atoms with E-state index in [2.05, 4.69) is 21.2 Å².